The SMILES string of the molecule is CC(C)Cn1ncnc1CC(O)c1cnns1. The van der Waals surface area contributed by atoms with E-state index in [0.29, 0.717) is 12.3 Å². The van der Waals surface area contributed by atoms with Crippen molar-refractivity contribution in [2.75, 3.05) is 0 Å². The molecule has 0 aliphatic rings. The van der Waals surface area contributed by atoms with Crippen LogP contribution in [0.25, 0.3) is 0 Å². The Balaban J connectivity index is 2.06. The fourth-order valence-electron chi connectivity index (χ4n) is 1.54. The van der Waals surface area contributed by atoms with Crippen molar-refractivity contribution >= 4 is 11.5 Å². The summed E-state index contributed by atoms with van der Waals surface area (Å²) in [5, 5.41) is 17.9. The molecule has 0 aliphatic carbocycles. The van der Waals surface area contributed by atoms with E-state index < -0.39 is 6.10 Å². The van der Waals surface area contributed by atoms with E-state index in [1.165, 1.54) is 17.9 Å². The molecule has 2 heterocycles. The fourth-order valence-corrected chi connectivity index (χ4v) is 2.03. The molecule has 0 aromatic carbocycles. The highest BCUT2D eigenvalue weighted by Gasteiger charge is 2.15. The summed E-state index contributed by atoms with van der Waals surface area (Å²) in [5.74, 6) is 1.29. The average molecular weight is 253 g/mol. The molecule has 92 valence electrons. The third kappa shape index (κ3) is 3.07. The van der Waals surface area contributed by atoms with Gasteiger partial charge in [-0.2, -0.15) is 5.10 Å². The lowest BCUT2D eigenvalue weighted by Crippen LogP contribution is -2.13. The molecule has 0 saturated carbocycles. The summed E-state index contributed by atoms with van der Waals surface area (Å²) in [6, 6.07) is 0. The van der Waals surface area contributed by atoms with Gasteiger partial charge in [0.15, 0.2) is 0 Å². The van der Waals surface area contributed by atoms with E-state index in [4.69, 9.17) is 0 Å². The summed E-state index contributed by atoms with van der Waals surface area (Å²) < 4.78 is 5.57. The largest absolute Gasteiger partial charge is 0.387 e. The highest BCUT2D eigenvalue weighted by Crippen LogP contribution is 2.19. The second-order valence-corrected chi connectivity index (χ2v) is 5.11. The molecule has 1 N–H and O–H groups in total. The van der Waals surface area contributed by atoms with Gasteiger partial charge in [-0.3, -0.25) is 0 Å². The van der Waals surface area contributed by atoms with Crippen LogP contribution >= 0.6 is 11.5 Å². The Hall–Kier alpha value is -1.34. The van der Waals surface area contributed by atoms with E-state index >= 15 is 0 Å². The summed E-state index contributed by atoms with van der Waals surface area (Å²) in [6.07, 6.45) is 2.94. The standard InChI is InChI=1S/C10H15N5OS/c1-7(2)5-15-10(11-6-13-15)3-8(16)9-4-12-14-17-9/h4,6-8,16H,3,5H2,1-2H3. The summed E-state index contributed by atoms with van der Waals surface area (Å²) in [4.78, 5) is 4.93. The van der Waals surface area contributed by atoms with Crippen molar-refractivity contribution < 1.29 is 5.11 Å². The third-order valence-corrected chi connectivity index (χ3v) is 3.08. The van der Waals surface area contributed by atoms with Crippen LogP contribution in [-0.2, 0) is 13.0 Å². The van der Waals surface area contributed by atoms with Gasteiger partial charge < -0.3 is 5.11 Å². The highest BCUT2D eigenvalue weighted by atomic mass is 32.1. The number of hydrogen-bond acceptors (Lipinski definition) is 6. The van der Waals surface area contributed by atoms with E-state index in [0.717, 1.165) is 17.2 Å². The molecule has 0 amide bonds. The summed E-state index contributed by atoms with van der Waals surface area (Å²) in [6.45, 7) is 5.05. The van der Waals surface area contributed by atoms with Crippen molar-refractivity contribution in [1.29, 1.82) is 0 Å². The molecule has 0 spiro atoms. The first-order valence-corrected chi connectivity index (χ1v) is 6.26. The topological polar surface area (TPSA) is 76.7 Å². The minimum absolute atomic E-state index is 0.441. The van der Waals surface area contributed by atoms with Crippen LogP contribution in [0.5, 0.6) is 0 Å². The summed E-state index contributed by atoms with van der Waals surface area (Å²) in [5.41, 5.74) is 0. The van der Waals surface area contributed by atoms with E-state index in [1.807, 2.05) is 4.68 Å². The Labute approximate surface area is 103 Å². The van der Waals surface area contributed by atoms with Crippen molar-refractivity contribution in [2.45, 2.75) is 32.9 Å². The summed E-state index contributed by atoms with van der Waals surface area (Å²) >= 11 is 1.20. The van der Waals surface area contributed by atoms with Crippen LogP contribution in [0.2, 0.25) is 0 Å². The lowest BCUT2D eigenvalue weighted by molar-refractivity contribution is 0.177. The van der Waals surface area contributed by atoms with E-state index in [1.54, 1.807) is 6.20 Å². The number of aromatic nitrogens is 5. The van der Waals surface area contributed by atoms with Gasteiger partial charge in [0.05, 0.1) is 17.2 Å². The van der Waals surface area contributed by atoms with E-state index in [-0.39, 0.29) is 0 Å². The molecule has 0 radical (unpaired) electrons. The first kappa shape index (κ1) is 12.1. The lowest BCUT2D eigenvalue weighted by atomic mass is 10.2. The second kappa shape index (κ2) is 5.33. The molecule has 0 fully saturated rings. The molecule has 6 nitrogen and oxygen atoms in total. The molecule has 2 aromatic rings. The van der Waals surface area contributed by atoms with Gasteiger partial charge in [-0.15, -0.1) is 5.10 Å². The van der Waals surface area contributed by atoms with Gasteiger partial charge in [-0.1, -0.05) is 18.3 Å². The molecular weight excluding hydrogens is 238 g/mol. The zero-order valence-electron chi connectivity index (χ0n) is 9.82. The Morgan fingerprint density at radius 3 is 2.94 bits per heavy atom. The van der Waals surface area contributed by atoms with Crippen LogP contribution in [0.1, 0.15) is 30.7 Å². The van der Waals surface area contributed by atoms with Gasteiger partial charge in [0.25, 0.3) is 0 Å². The Morgan fingerprint density at radius 1 is 1.47 bits per heavy atom. The van der Waals surface area contributed by atoms with Gasteiger partial charge in [0, 0.05) is 13.0 Å². The maximum Gasteiger partial charge on any atom is 0.138 e. The van der Waals surface area contributed by atoms with Crippen LogP contribution in [-0.4, -0.2) is 29.5 Å². The Kier molecular flexibility index (Phi) is 3.80. The van der Waals surface area contributed by atoms with Crippen molar-refractivity contribution in [3.63, 3.8) is 0 Å². The molecular formula is C10H15N5OS. The van der Waals surface area contributed by atoms with Crippen molar-refractivity contribution in [3.05, 3.63) is 23.2 Å². The van der Waals surface area contributed by atoms with Crippen LogP contribution in [0.15, 0.2) is 12.5 Å². The molecule has 2 aromatic heterocycles. The number of nitrogens with zero attached hydrogens (tertiary/aromatic N) is 5. The van der Waals surface area contributed by atoms with Crippen LogP contribution in [0.4, 0.5) is 0 Å². The third-order valence-electron chi connectivity index (χ3n) is 2.32. The number of rotatable bonds is 5. The molecule has 2 rings (SSSR count). The number of aliphatic hydroxyl groups excluding tert-OH is 1. The van der Waals surface area contributed by atoms with E-state index in [2.05, 4.69) is 33.5 Å². The predicted octanol–water partition coefficient (Wildman–Crippen LogP) is 1.06. The average Bonchev–Trinajstić information content (AvgIpc) is 2.89. The van der Waals surface area contributed by atoms with Crippen molar-refractivity contribution in [1.82, 2.24) is 24.4 Å². The maximum absolute atomic E-state index is 9.99. The minimum atomic E-state index is -0.606. The molecule has 7 heteroatoms. The first-order chi connectivity index (χ1) is 8.16. The van der Waals surface area contributed by atoms with Gasteiger partial charge in [0.1, 0.15) is 12.2 Å². The Morgan fingerprint density at radius 2 is 2.29 bits per heavy atom. The van der Waals surface area contributed by atoms with E-state index in [9.17, 15) is 5.11 Å². The van der Waals surface area contributed by atoms with Gasteiger partial charge in [0.2, 0.25) is 0 Å². The zero-order chi connectivity index (χ0) is 12.3. The van der Waals surface area contributed by atoms with Crippen molar-refractivity contribution in [3.8, 4) is 0 Å². The molecule has 1 unspecified atom stereocenters. The van der Waals surface area contributed by atoms with Gasteiger partial charge in [-0.25, -0.2) is 9.67 Å². The lowest BCUT2D eigenvalue weighted by Gasteiger charge is -2.10. The fraction of sp³-hybridized carbons (Fsp3) is 0.600. The van der Waals surface area contributed by atoms with Crippen LogP contribution in [0, 0.1) is 5.92 Å². The van der Waals surface area contributed by atoms with Crippen molar-refractivity contribution in [2.24, 2.45) is 5.92 Å². The number of aliphatic hydroxyl groups is 1. The Bertz CT molecular complexity index is 453. The minimum Gasteiger partial charge on any atom is -0.387 e. The molecule has 0 bridgehead atoms. The highest BCUT2D eigenvalue weighted by molar-refractivity contribution is 7.05. The normalized spacial score (nSPS) is 13.2. The smallest absolute Gasteiger partial charge is 0.138 e. The maximum atomic E-state index is 9.99. The summed E-state index contributed by atoms with van der Waals surface area (Å²) in [7, 11) is 0. The van der Waals surface area contributed by atoms with Crippen LogP contribution < -0.4 is 0 Å². The number of hydrogen-bond donors (Lipinski definition) is 1. The van der Waals surface area contributed by atoms with Gasteiger partial charge in [-0.05, 0) is 17.5 Å². The molecule has 0 saturated heterocycles. The monoisotopic (exact) mass is 253 g/mol. The predicted molar refractivity (Wildman–Crippen MR) is 63.4 cm³/mol. The second-order valence-electron chi connectivity index (χ2n) is 4.29. The molecule has 1 atom stereocenters. The molecule has 17 heavy (non-hydrogen) atoms. The molecule has 0 aliphatic heterocycles. The first-order valence-electron chi connectivity index (χ1n) is 5.49. The quantitative estimate of drug-likeness (QED) is 0.862. The zero-order valence-corrected chi connectivity index (χ0v) is 10.6. The van der Waals surface area contributed by atoms with Crippen LogP contribution in [0.3, 0.4) is 0 Å². The van der Waals surface area contributed by atoms with Gasteiger partial charge >= 0.3 is 0 Å².